The third kappa shape index (κ3) is 10.7. The van der Waals surface area contributed by atoms with Crippen molar-refractivity contribution in [1.82, 2.24) is 20.4 Å². The maximum Gasteiger partial charge on any atom is 0.249 e. The molecule has 0 bridgehead atoms. The van der Waals surface area contributed by atoms with Gasteiger partial charge in [-0.1, -0.05) is 78.9 Å². The molecule has 1 aliphatic heterocycles. The maximum absolute atomic E-state index is 13.7. The summed E-state index contributed by atoms with van der Waals surface area (Å²) in [4.78, 5) is 73.3. The van der Waals surface area contributed by atoms with Gasteiger partial charge in [-0.3, -0.25) is 28.9 Å². The third-order valence-corrected chi connectivity index (χ3v) is 9.20. The summed E-state index contributed by atoms with van der Waals surface area (Å²) >= 11 is 0. The van der Waals surface area contributed by atoms with Gasteiger partial charge < -0.3 is 30.1 Å². The van der Waals surface area contributed by atoms with Crippen molar-refractivity contribution in [3.8, 4) is 5.75 Å². The van der Waals surface area contributed by atoms with Gasteiger partial charge in [-0.2, -0.15) is 0 Å². The molecule has 0 saturated carbocycles. The van der Waals surface area contributed by atoms with E-state index >= 15 is 0 Å². The Balaban J connectivity index is 1.17. The second-order valence-corrected chi connectivity index (χ2v) is 13.0. The van der Waals surface area contributed by atoms with Crippen LogP contribution in [0.25, 0.3) is 0 Å². The summed E-state index contributed by atoms with van der Waals surface area (Å²) in [6.45, 7) is 0.159. The topological polar surface area (TPSA) is 132 Å². The van der Waals surface area contributed by atoms with Gasteiger partial charge >= 0.3 is 0 Å². The minimum absolute atomic E-state index is 0.0765. The largest absolute Gasteiger partial charge is 0.497 e. The Labute approximate surface area is 310 Å². The number of ether oxygens (including phenoxy) is 1. The summed E-state index contributed by atoms with van der Waals surface area (Å²) in [6, 6.07) is 33.4. The fourth-order valence-corrected chi connectivity index (χ4v) is 6.19. The van der Waals surface area contributed by atoms with Crippen LogP contribution in [0.15, 0.2) is 115 Å². The zero-order valence-corrected chi connectivity index (χ0v) is 30.3. The SMILES string of the molecule is COc1ccc(N(C)C(=O)[C@H](Cc2ccccc2)NC(=O)CN2CCN(CC(=O)N[C@@H](Cc3ccccc3)C(=O)N(C)c3ccccc3)C(=O)C2)cc1. The number of piperazine rings is 1. The van der Waals surface area contributed by atoms with Crippen LogP contribution in [-0.4, -0.2) is 105 Å². The number of nitrogens with one attached hydrogen (secondary N) is 2. The Kier molecular flexibility index (Phi) is 13.3. The number of hydrogen-bond acceptors (Lipinski definition) is 7. The van der Waals surface area contributed by atoms with Crippen LogP contribution in [0.5, 0.6) is 5.75 Å². The number of amides is 5. The van der Waals surface area contributed by atoms with Gasteiger partial charge in [-0.05, 0) is 47.5 Å². The van der Waals surface area contributed by atoms with Crippen molar-refractivity contribution in [1.29, 1.82) is 0 Å². The summed E-state index contributed by atoms with van der Waals surface area (Å²) < 4.78 is 5.23. The molecule has 1 aliphatic rings. The molecule has 0 aromatic heterocycles. The highest BCUT2D eigenvalue weighted by atomic mass is 16.5. The number of carbonyl (C=O) groups is 5. The molecule has 53 heavy (non-hydrogen) atoms. The van der Waals surface area contributed by atoms with E-state index in [0.29, 0.717) is 23.7 Å². The van der Waals surface area contributed by atoms with Crippen LogP contribution in [0, 0.1) is 0 Å². The number of nitrogens with zero attached hydrogens (tertiary/aromatic N) is 4. The Bertz CT molecular complexity index is 1840. The molecule has 1 fully saturated rings. The minimum Gasteiger partial charge on any atom is -0.497 e. The highest BCUT2D eigenvalue weighted by Crippen LogP contribution is 2.20. The lowest BCUT2D eigenvalue weighted by Crippen LogP contribution is -2.57. The van der Waals surface area contributed by atoms with Crippen molar-refractivity contribution >= 4 is 40.9 Å². The summed E-state index contributed by atoms with van der Waals surface area (Å²) in [5.74, 6) is -1.08. The molecule has 0 unspecified atom stereocenters. The number of carbonyl (C=O) groups excluding carboxylic acids is 5. The summed E-state index contributed by atoms with van der Waals surface area (Å²) in [6.07, 6.45) is 0.561. The summed E-state index contributed by atoms with van der Waals surface area (Å²) in [5, 5.41) is 5.76. The van der Waals surface area contributed by atoms with Crippen LogP contribution >= 0.6 is 0 Å². The Morgan fingerprint density at radius 3 is 1.57 bits per heavy atom. The molecule has 1 heterocycles. The van der Waals surface area contributed by atoms with Crippen molar-refractivity contribution in [2.45, 2.75) is 24.9 Å². The molecule has 0 radical (unpaired) electrons. The molecule has 276 valence electrons. The lowest BCUT2D eigenvalue weighted by atomic mass is 10.0. The van der Waals surface area contributed by atoms with E-state index in [1.165, 1.54) is 14.7 Å². The van der Waals surface area contributed by atoms with Gasteiger partial charge in [0.15, 0.2) is 0 Å². The quantitative estimate of drug-likeness (QED) is 0.193. The number of benzene rings is 4. The monoisotopic (exact) mass is 718 g/mol. The number of methoxy groups -OCH3 is 1. The first-order chi connectivity index (χ1) is 25.6. The molecule has 4 aromatic rings. The molecule has 5 amide bonds. The van der Waals surface area contributed by atoms with Gasteiger partial charge in [0.1, 0.15) is 17.8 Å². The van der Waals surface area contributed by atoms with Crippen molar-refractivity contribution in [2.24, 2.45) is 0 Å². The van der Waals surface area contributed by atoms with Crippen molar-refractivity contribution in [3.05, 3.63) is 126 Å². The minimum atomic E-state index is -0.856. The van der Waals surface area contributed by atoms with Gasteiger partial charge in [0, 0.05) is 51.4 Å². The highest BCUT2D eigenvalue weighted by molar-refractivity contribution is 6.00. The van der Waals surface area contributed by atoms with Crippen LogP contribution < -0.4 is 25.2 Å². The van der Waals surface area contributed by atoms with Crippen LogP contribution in [0.4, 0.5) is 11.4 Å². The number of hydrogen-bond donors (Lipinski definition) is 2. The molecular weight excluding hydrogens is 672 g/mol. The first-order valence-electron chi connectivity index (χ1n) is 17.5. The average Bonchev–Trinajstić information content (AvgIpc) is 3.18. The Hall–Kier alpha value is -6.01. The first kappa shape index (κ1) is 38.2. The highest BCUT2D eigenvalue weighted by Gasteiger charge is 2.31. The molecule has 5 rings (SSSR count). The number of para-hydroxylation sites is 1. The van der Waals surface area contributed by atoms with Gasteiger partial charge in [0.05, 0.1) is 26.7 Å². The first-order valence-corrected chi connectivity index (χ1v) is 17.5. The van der Waals surface area contributed by atoms with Crippen molar-refractivity contribution < 1.29 is 28.7 Å². The van der Waals surface area contributed by atoms with Crippen molar-refractivity contribution in [2.75, 3.05) is 63.7 Å². The van der Waals surface area contributed by atoms with Gasteiger partial charge in [-0.15, -0.1) is 0 Å². The van der Waals surface area contributed by atoms with Crippen LogP contribution in [0.2, 0.25) is 0 Å². The van der Waals surface area contributed by atoms with Crippen LogP contribution in [0.1, 0.15) is 11.1 Å². The second-order valence-electron chi connectivity index (χ2n) is 13.0. The normalized spacial score (nSPS) is 14.1. The Morgan fingerprint density at radius 1 is 0.642 bits per heavy atom. The second kappa shape index (κ2) is 18.5. The van der Waals surface area contributed by atoms with Gasteiger partial charge in [0.25, 0.3) is 0 Å². The molecule has 0 aliphatic carbocycles. The van der Waals surface area contributed by atoms with E-state index in [1.807, 2.05) is 91.0 Å². The van der Waals surface area contributed by atoms with E-state index < -0.39 is 23.9 Å². The van der Waals surface area contributed by atoms with Crippen LogP contribution in [-0.2, 0) is 36.8 Å². The lowest BCUT2D eigenvalue weighted by Gasteiger charge is -2.34. The van der Waals surface area contributed by atoms with E-state index in [4.69, 9.17) is 4.74 Å². The number of rotatable bonds is 15. The zero-order chi connectivity index (χ0) is 37.7. The molecular formula is C41H46N6O6. The molecule has 2 atom stereocenters. The average molecular weight is 719 g/mol. The standard InChI is InChI=1S/C41H46N6O6/c1-44(32-17-11-6-12-18-32)40(51)36(26-31-15-9-5-10-16-31)43-38(49)28-47-24-23-46(29-39(47)50)27-37(48)42-35(25-30-13-7-4-8-14-30)41(52)45(2)33-19-21-34(53-3)22-20-33/h4-22,35-36H,23-29H2,1-3H3,(H,42,48)(H,43,49)/t35-,36-/m0/s1. The van der Waals surface area contributed by atoms with E-state index in [9.17, 15) is 24.0 Å². The smallest absolute Gasteiger partial charge is 0.249 e. The summed E-state index contributed by atoms with van der Waals surface area (Å²) in [5.41, 5.74) is 3.11. The Morgan fingerprint density at radius 2 is 1.09 bits per heavy atom. The zero-order valence-electron chi connectivity index (χ0n) is 30.3. The molecule has 12 nitrogen and oxygen atoms in total. The number of likely N-dealkylation sites (N-methyl/N-ethyl adjacent to an activating group) is 2. The van der Waals surface area contributed by atoms with E-state index in [0.717, 1.165) is 11.1 Å². The van der Waals surface area contributed by atoms with Gasteiger partial charge in [-0.25, -0.2) is 0 Å². The molecule has 4 aromatic carbocycles. The lowest BCUT2D eigenvalue weighted by molar-refractivity contribution is -0.141. The third-order valence-electron chi connectivity index (χ3n) is 9.20. The van der Waals surface area contributed by atoms with Gasteiger partial charge in [0.2, 0.25) is 29.5 Å². The fraction of sp³-hybridized carbons (Fsp3) is 0.293. The maximum atomic E-state index is 13.7. The van der Waals surface area contributed by atoms with E-state index in [2.05, 4.69) is 10.6 Å². The van der Waals surface area contributed by atoms with Crippen molar-refractivity contribution in [3.63, 3.8) is 0 Å². The van der Waals surface area contributed by atoms with E-state index in [1.54, 1.807) is 50.4 Å². The molecule has 2 N–H and O–H groups in total. The molecule has 0 spiro atoms. The predicted octanol–water partition coefficient (Wildman–Crippen LogP) is 2.92. The predicted molar refractivity (Wildman–Crippen MR) is 203 cm³/mol. The molecule has 12 heteroatoms. The number of anilines is 2. The van der Waals surface area contributed by atoms with E-state index in [-0.39, 0.29) is 56.7 Å². The van der Waals surface area contributed by atoms with Crippen LogP contribution in [0.3, 0.4) is 0 Å². The summed E-state index contributed by atoms with van der Waals surface area (Å²) in [7, 11) is 4.89. The fourth-order valence-electron chi connectivity index (χ4n) is 6.19. The molecule has 1 saturated heterocycles.